The molecule has 1 aromatic carbocycles. The number of carbonyl (C=O) groups is 2. The Kier molecular flexibility index (Phi) is 5.23. The predicted octanol–water partition coefficient (Wildman–Crippen LogP) is 2.11. The summed E-state index contributed by atoms with van der Waals surface area (Å²) in [5.74, 6) is -0.853. The van der Waals surface area contributed by atoms with Gasteiger partial charge in [-0.15, -0.1) is 11.3 Å². The van der Waals surface area contributed by atoms with Crippen molar-refractivity contribution in [3.63, 3.8) is 0 Å². The first-order valence-electron chi connectivity index (χ1n) is 7.70. The van der Waals surface area contributed by atoms with E-state index in [1.165, 1.54) is 11.3 Å². The topological polar surface area (TPSA) is 104 Å². The summed E-state index contributed by atoms with van der Waals surface area (Å²) in [6.07, 6.45) is 0.565. The second-order valence-corrected chi connectivity index (χ2v) is 6.26. The molecule has 0 amide bonds. The molecule has 0 aliphatic rings. The molecule has 26 heavy (non-hydrogen) atoms. The van der Waals surface area contributed by atoms with E-state index in [4.69, 9.17) is 10.5 Å². The number of nitrogen functional groups attached to an aromatic ring is 1. The number of nitrogens with two attached hydrogens (primary N) is 1. The second-order valence-electron chi connectivity index (χ2n) is 5.32. The molecule has 7 nitrogen and oxygen atoms in total. The minimum Gasteiger partial charge on any atom is -0.457 e. The summed E-state index contributed by atoms with van der Waals surface area (Å²) in [5.41, 5.74) is 5.55. The molecule has 8 heteroatoms. The fourth-order valence-corrected chi connectivity index (χ4v) is 3.12. The van der Waals surface area contributed by atoms with Crippen LogP contribution in [0.4, 0.5) is 5.82 Å². The molecule has 3 aromatic rings. The Morgan fingerprint density at radius 3 is 2.65 bits per heavy atom. The summed E-state index contributed by atoms with van der Waals surface area (Å²) in [7, 11) is 0. The maximum absolute atomic E-state index is 12.7. The summed E-state index contributed by atoms with van der Waals surface area (Å²) >= 11 is 1.35. The van der Waals surface area contributed by atoms with Crippen LogP contribution >= 0.6 is 11.3 Å². The molecule has 0 saturated heterocycles. The van der Waals surface area contributed by atoms with Gasteiger partial charge in [0.25, 0.3) is 5.56 Å². The van der Waals surface area contributed by atoms with Gasteiger partial charge in [0.1, 0.15) is 18.7 Å². The van der Waals surface area contributed by atoms with Crippen LogP contribution in [0.1, 0.15) is 15.9 Å². The number of hydrogen-bond donors (Lipinski definition) is 1. The first-order valence-corrected chi connectivity index (χ1v) is 8.58. The molecule has 0 aliphatic carbocycles. The summed E-state index contributed by atoms with van der Waals surface area (Å²) in [4.78, 5) is 40.9. The van der Waals surface area contributed by atoms with Crippen molar-refractivity contribution in [2.45, 2.75) is 13.2 Å². The van der Waals surface area contributed by atoms with Gasteiger partial charge in [0.2, 0.25) is 0 Å². The molecule has 0 spiro atoms. The molecule has 2 heterocycles. The summed E-state index contributed by atoms with van der Waals surface area (Å²) < 4.78 is 6.30. The highest BCUT2D eigenvalue weighted by molar-refractivity contribution is 7.13. The number of anilines is 1. The number of benzene rings is 1. The average molecular weight is 369 g/mol. The maximum Gasteiger partial charge on any atom is 0.347 e. The van der Waals surface area contributed by atoms with Gasteiger partial charge in [-0.25, -0.2) is 9.78 Å². The van der Waals surface area contributed by atoms with Crippen molar-refractivity contribution in [2.24, 2.45) is 0 Å². The number of esters is 1. The van der Waals surface area contributed by atoms with E-state index in [1.54, 1.807) is 24.3 Å². The summed E-state index contributed by atoms with van der Waals surface area (Å²) in [6, 6.07) is 12.6. The predicted molar refractivity (Wildman–Crippen MR) is 97.8 cm³/mol. The number of aldehydes is 1. The van der Waals surface area contributed by atoms with Crippen LogP contribution in [0.2, 0.25) is 0 Å². The van der Waals surface area contributed by atoms with Crippen molar-refractivity contribution in [3.8, 4) is 10.7 Å². The third-order valence-electron chi connectivity index (χ3n) is 3.61. The highest BCUT2D eigenvalue weighted by atomic mass is 32.1. The summed E-state index contributed by atoms with van der Waals surface area (Å²) in [6.45, 7) is -0.239. The van der Waals surface area contributed by atoms with Crippen LogP contribution in [-0.2, 0) is 22.7 Å². The lowest BCUT2D eigenvalue weighted by Gasteiger charge is -2.12. The molecule has 0 aliphatic heterocycles. The van der Waals surface area contributed by atoms with Gasteiger partial charge in [0.15, 0.2) is 11.4 Å². The van der Waals surface area contributed by atoms with E-state index in [0.717, 1.165) is 10.1 Å². The van der Waals surface area contributed by atoms with E-state index in [-0.39, 0.29) is 30.4 Å². The lowest BCUT2D eigenvalue weighted by molar-refractivity contribution is -0.108. The molecule has 132 valence electrons. The SMILES string of the molecule is Nc1nc(-c2cccs2)n(CC=O)c(=O)c1C(=O)OCc1ccccc1. The van der Waals surface area contributed by atoms with Gasteiger partial charge in [-0.1, -0.05) is 36.4 Å². The van der Waals surface area contributed by atoms with Crippen molar-refractivity contribution >= 4 is 29.4 Å². The van der Waals surface area contributed by atoms with E-state index >= 15 is 0 Å². The largest absolute Gasteiger partial charge is 0.457 e. The lowest BCUT2D eigenvalue weighted by atomic mass is 10.2. The van der Waals surface area contributed by atoms with Crippen molar-refractivity contribution in [3.05, 3.63) is 69.3 Å². The molecule has 2 aromatic heterocycles. The maximum atomic E-state index is 12.7. The number of hydrogen-bond acceptors (Lipinski definition) is 7. The number of carbonyl (C=O) groups excluding carboxylic acids is 2. The molecule has 2 N–H and O–H groups in total. The van der Waals surface area contributed by atoms with Crippen LogP contribution in [0.5, 0.6) is 0 Å². The zero-order chi connectivity index (χ0) is 18.5. The minimum absolute atomic E-state index is 0.00108. The Hall–Kier alpha value is -3.26. The zero-order valence-corrected chi connectivity index (χ0v) is 14.4. The highest BCUT2D eigenvalue weighted by Gasteiger charge is 2.23. The first-order chi connectivity index (χ1) is 12.6. The molecule has 0 atom stereocenters. The molecular formula is C18H15N3O4S. The number of nitrogens with zero attached hydrogens (tertiary/aromatic N) is 2. The molecule has 0 bridgehead atoms. The zero-order valence-electron chi connectivity index (χ0n) is 13.6. The van der Waals surface area contributed by atoms with Crippen molar-refractivity contribution in [2.75, 3.05) is 5.73 Å². The Morgan fingerprint density at radius 2 is 2.00 bits per heavy atom. The standard InChI is InChI=1S/C18H15N3O4S/c19-15-14(18(24)25-11-12-5-2-1-3-6-12)17(23)21(8-9-22)16(20-15)13-7-4-10-26-13/h1-7,9-10H,8,11,19H2. The van der Waals surface area contributed by atoms with Crippen LogP contribution in [0.15, 0.2) is 52.6 Å². The average Bonchev–Trinajstić information content (AvgIpc) is 3.17. The van der Waals surface area contributed by atoms with Gasteiger partial charge < -0.3 is 15.3 Å². The molecule has 0 fully saturated rings. The fraction of sp³-hybridized carbons (Fsp3) is 0.111. The molecule has 0 radical (unpaired) electrons. The van der Waals surface area contributed by atoms with E-state index < -0.39 is 11.5 Å². The third kappa shape index (κ3) is 3.55. The second kappa shape index (κ2) is 7.75. The smallest absolute Gasteiger partial charge is 0.347 e. The summed E-state index contributed by atoms with van der Waals surface area (Å²) in [5, 5.41) is 1.81. The van der Waals surface area contributed by atoms with Gasteiger partial charge in [0, 0.05) is 0 Å². The van der Waals surface area contributed by atoms with Crippen molar-refractivity contribution in [1.82, 2.24) is 9.55 Å². The minimum atomic E-state index is -0.874. The Balaban J connectivity index is 1.97. The van der Waals surface area contributed by atoms with Crippen LogP contribution in [0.25, 0.3) is 10.7 Å². The Bertz CT molecular complexity index is 982. The monoisotopic (exact) mass is 369 g/mol. The lowest BCUT2D eigenvalue weighted by Crippen LogP contribution is -2.31. The molecule has 3 rings (SSSR count). The van der Waals surface area contributed by atoms with E-state index in [0.29, 0.717) is 11.2 Å². The number of aromatic nitrogens is 2. The van der Waals surface area contributed by atoms with E-state index in [1.807, 2.05) is 23.6 Å². The van der Waals surface area contributed by atoms with Crippen LogP contribution < -0.4 is 11.3 Å². The quantitative estimate of drug-likeness (QED) is 0.527. The third-order valence-corrected chi connectivity index (χ3v) is 4.48. The van der Waals surface area contributed by atoms with Crippen LogP contribution in [0, 0.1) is 0 Å². The van der Waals surface area contributed by atoms with Gasteiger partial charge in [-0.3, -0.25) is 9.36 Å². The van der Waals surface area contributed by atoms with Gasteiger partial charge in [-0.2, -0.15) is 0 Å². The van der Waals surface area contributed by atoms with Crippen molar-refractivity contribution < 1.29 is 14.3 Å². The van der Waals surface area contributed by atoms with E-state index in [9.17, 15) is 14.4 Å². The molecule has 0 saturated carbocycles. The van der Waals surface area contributed by atoms with Gasteiger partial charge >= 0.3 is 5.97 Å². The first kappa shape index (κ1) is 17.6. The van der Waals surface area contributed by atoms with Gasteiger partial charge in [-0.05, 0) is 17.0 Å². The number of ether oxygens (including phenoxy) is 1. The Labute approximate surface area is 152 Å². The highest BCUT2D eigenvalue weighted by Crippen LogP contribution is 2.23. The molecular weight excluding hydrogens is 354 g/mol. The van der Waals surface area contributed by atoms with Crippen LogP contribution in [0.3, 0.4) is 0 Å². The number of rotatable bonds is 6. The normalized spacial score (nSPS) is 10.5. The van der Waals surface area contributed by atoms with E-state index in [2.05, 4.69) is 4.98 Å². The Morgan fingerprint density at radius 1 is 1.23 bits per heavy atom. The molecule has 0 unspecified atom stereocenters. The van der Waals surface area contributed by atoms with Crippen molar-refractivity contribution in [1.29, 1.82) is 0 Å². The van der Waals surface area contributed by atoms with Crippen LogP contribution in [-0.4, -0.2) is 21.8 Å². The number of thiophene rings is 1. The fourth-order valence-electron chi connectivity index (χ4n) is 2.40. The van der Waals surface area contributed by atoms with Gasteiger partial charge in [0.05, 0.1) is 11.4 Å².